The lowest BCUT2D eigenvalue weighted by atomic mass is 10.2. The Morgan fingerprint density at radius 1 is 0.933 bits per heavy atom. The van der Waals surface area contributed by atoms with E-state index < -0.39 is 20.0 Å². The van der Waals surface area contributed by atoms with Crippen molar-refractivity contribution in [2.75, 3.05) is 19.5 Å². The summed E-state index contributed by atoms with van der Waals surface area (Å²) < 4.78 is 59.2. The first-order chi connectivity index (χ1) is 14.0. The van der Waals surface area contributed by atoms with Gasteiger partial charge in [0.15, 0.2) is 9.84 Å². The monoisotopic (exact) mass is 457 g/mol. The van der Waals surface area contributed by atoms with Crippen LogP contribution in [-0.2, 0) is 24.8 Å². The van der Waals surface area contributed by atoms with Gasteiger partial charge in [-0.1, -0.05) is 0 Å². The molecular weight excluding hydrogens is 434 g/mol. The molecule has 30 heavy (non-hydrogen) atoms. The van der Waals surface area contributed by atoms with Crippen molar-refractivity contribution in [1.82, 2.24) is 0 Å². The molecule has 10 nitrogen and oxygen atoms in total. The van der Waals surface area contributed by atoms with Crippen molar-refractivity contribution in [3.63, 3.8) is 0 Å². The van der Waals surface area contributed by atoms with Crippen LogP contribution in [-0.4, -0.2) is 42.3 Å². The highest BCUT2D eigenvalue weighted by Gasteiger charge is 2.20. The molecule has 0 aromatic heterocycles. The molecule has 0 spiro atoms. The van der Waals surface area contributed by atoms with Gasteiger partial charge < -0.3 is 25.2 Å². The Morgan fingerprint density at radius 3 is 2.13 bits per heavy atom. The van der Waals surface area contributed by atoms with E-state index >= 15 is 0 Å². The van der Waals surface area contributed by atoms with Crippen molar-refractivity contribution in [2.45, 2.75) is 23.1 Å². The maximum atomic E-state index is 12.5. The molecule has 0 atom stereocenters. The van der Waals surface area contributed by atoms with Gasteiger partial charge >= 0.3 is 10.1 Å². The molecule has 2 aromatic carbocycles. The normalized spacial score (nSPS) is 11.5. The zero-order chi connectivity index (χ0) is 22.4. The van der Waals surface area contributed by atoms with Crippen molar-refractivity contribution in [2.24, 2.45) is 16.6 Å². The third kappa shape index (κ3) is 7.12. The number of hydrogen-bond acceptors (Lipinski definition) is 8. The van der Waals surface area contributed by atoms with Crippen LogP contribution in [0.5, 0.6) is 11.5 Å². The van der Waals surface area contributed by atoms with E-state index in [9.17, 15) is 16.8 Å². The molecule has 12 heteroatoms. The van der Waals surface area contributed by atoms with Gasteiger partial charge in [-0.2, -0.15) is 8.42 Å². The average molecular weight is 458 g/mol. The molecule has 0 aliphatic carbocycles. The standard InChI is InChI=1S/C18H23N3O7S2/c1-13-10-16(29(2,22)23)12-17(11-13)30(24,25)28-15-6-4-14(5-7-15)26-8-3-9-27-21-18(19)20/h4-7,10-12H,3,8-9H2,1-2H3,(H4,19,20,21). The average Bonchev–Trinajstić information content (AvgIpc) is 2.64. The number of nitrogens with zero attached hydrogens (tertiary/aromatic N) is 1. The Balaban J connectivity index is 2.01. The number of oxime groups is 1. The summed E-state index contributed by atoms with van der Waals surface area (Å²) in [6, 6.07) is 9.74. The predicted octanol–water partition coefficient (Wildman–Crippen LogP) is 1.14. The summed E-state index contributed by atoms with van der Waals surface area (Å²) in [5.74, 6) is 0.386. The summed E-state index contributed by atoms with van der Waals surface area (Å²) in [5, 5.41) is 3.37. The fourth-order valence-corrected chi connectivity index (χ4v) is 4.15. The number of hydrogen-bond donors (Lipinski definition) is 2. The van der Waals surface area contributed by atoms with Crippen LogP contribution in [0.2, 0.25) is 0 Å². The summed E-state index contributed by atoms with van der Waals surface area (Å²) in [4.78, 5) is 4.47. The van der Waals surface area contributed by atoms with Crippen LogP contribution in [0, 0.1) is 6.92 Å². The number of aryl methyl sites for hydroxylation is 1. The zero-order valence-electron chi connectivity index (χ0n) is 16.4. The van der Waals surface area contributed by atoms with Crippen LogP contribution in [0.4, 0.5) is 0 Å². The maximum absolute atomic E-state index is 12.5. The van der Waals surface area contributed by atoms with Crippen LogP contribution in [0.15, 0.2) is 57.4 Å². The van der Waals surface area contributed by atoms with E-state index in [1.54, 1.807) is 19.1 Å². The maximum Gasteiger partial charge on any atom is 0.339 e. The first-order valence-corrected chi connectivity index (χ1v) is 12.0. The summed E-state index contributed by atoms with van der Waals surface area (Å²) in [5.41, 5.74) is 10.7. The van der Waals surface area contributed by atoms with Crippen molar-refractivity contribution >= 4 is 25.9 Å². The molecule has 0 saturated heterocycles. The minimum atomic E-state index is -4.22. The Labute approximate surface area is 175 Å². The van der Waals surface area contributed by atoms with E-state index in [4.69, 9.17) is 25.2 Å². The number of rotatable bonds is 10. The zero-order valence-corrected chi connectivity index (χ0v) is 18.1. The van der Waals surface area contributed by atoms with E-state index in [1.165, 1.54) is 24.3 Å². The first kappa shape index (κ1) is 23.3. The minimum absolute atomic E-state index is 0.0563. The lowest BCUT2D eigenvalue weighted by Crippen LogP contribution is -2.23. The van der Waals surface area contributed by atoms with Crippen molar-refractivity contribution in [3.8, 4) is 11.5 Å². The van der Waals surface area contributed by atoms with Crippen molar-refractivity contribution in [3.05, 3.63) is 48.0 Å². The SMILES string of the molecule is Cc1cc(S(C)(=O)=O)cc(S(=O)(=O)Oc2ccc(OCCCON=C(N)N)cc2)c1. The van der Waals surface area contributed by atoms with Gasteiger partial charge in [0, 0.05) is 12.7 Å². The number of benzene rings is 2. The molecular formula is C18H23N3O7S2. The smallest absolute Gasteiger partial charge is 0.339 e. The molecule has 0 aliphatic rings. The van der Waals surface area contributed by atoms with Gasteiger partial charge in [-0.15, -0.1) is 0 Å². The molecule has 2 rings (SSSR count). The minimum Gasteiger partial charge on any atom is -0.493 e. The summed E-state index contributed by atoms with van der Waals surface area (Å²) in [6.45, 7) is 2.20. The topological polar surface area (TPSA) is 160 Å². The lowest BCUT2D eigenvalue weighted by Gasteiger charge is -2.10. The molecule has 4 N–H and O–H groups in total. The highest BCUT2D eigenvalue weighted by molar-refractivity contribution is 7.90. The Bertz CT molecular complexity index is 1110. The molecule has 0 amide bonds. The van der Waals surface area contributed by atoms with Gasteiger partial charge in [-0.05, 0) is 60.1 Å². The van der Waals surface area contributed by atoms with Gasteiger partial charge in [0.1, 0.15) is 23.0 Å². The van der Waals surface area contributed by atoms with E-state index in [-0.39, 0.29) is 28.1 Å². The summed E-state index contributed by atoms with van der Waals surface area (Å²) in [6.07, 6.45) is 1.53. The molecule has 0 unspecified atom stereocenters. The predicted molar refractivity (Wildman–Crippen MR) is 110 cm³/mol. The lowest BCUT2D eigenvalue weighted by molar-refractivity contribution is 0.127. The fourth-order valence-electron chi connectivity index (χ4n) is 2.27. The van der Waals surface area contributed by atoms with Crippen LogP contribution in [0.25, 0.3) is 0 Å². The molecule has 0 aliphatic heterocycles. The number of nitrogens with two attached hydrogens (primary N) is 2. The molecule has 0 heterocycles. The third-order valence-corrected chi connectivity index (χ3v) is 5.91. The molecule has 0 fully saturated rings. The molecule has 164 valence electrons. The van der Waals surface area contributed by atoms with Gasteiger partial charge in [0.2, 0.25) is 5.96 Å². The van der Waals surface area contributed by atoms with Crippen LogP contribution >= 0.6 is 0 Å². The number of sulfone groups is 1. The fraction of sp³-hybridized carbons (Fsp3) is 0.278. The van der Waals surface area contributed by atoms with Gasteiger partial charge in [0.25, 0.3) is 0 Å². The largest absolute Gasteiger partial charge is 0.493 e. The quantitative estimate of drug-likeness (QED) is 0.175. The second-order valence-corrected chi connectivity index (χ2v) is 9.88. The second-order valence-electron chi connectivity index (χ2n) is 6.31. The highest BCUT2D eigenvalue weighted by Crippen LogP contribution is 2.24. The van der Waals surface area contributed by atoms with Crippen molar-refractivity contribution < 1.29 is 30.6 Å². The second kappa shape index (κ2) is 9.67. The van der Waals surface area contributed by atoms with E-state index in [0.717, 1.165) is 12.3 Å². The van der Waals surface area contributed by atoms with E-state index in [0.29, 0.717) is 24.3 Å². The summed E-state index contributed by atoms with van der Waals surface area (Å²) >= 11 is 0. The number of guanidine groups is 1. The molecule has 0 saturated carbocycles. The Kier molecular flexibility index (Phi) is 7.51. The molecule has 2 aromatic rings. The van der Waals surface area contributed by atoms with Crippen LogP contribution in [0.1, 0.15) is 12.0 Å². The van der Waals surface area contributed by atoms with E-state index in [2.05, 4.69) is 5.16 Å². The first-order valence-electron chi connectivity index (χ1n) is 8.67. The van der Waals surface area contributed by atoms with Gasteiger partial charge in [-0.25, -0.2) is 8.42 Å². The Morgan fingerprint density at radius 2 is 1.53 bits per heavy atom. The van der Waals surface area contributed by atoms with E-state index in [1.807, 2.05) is 0 Å². The third-order valence-electron chi connectivity index (χ3n) is 3.59. The van der Waals surface area contributed by atoms with Crippen LogP contribution < -0.4 is 20.4 Å². The molecule has 0 radical (unpaired) electrons. The van der Waals surface area contributed by atoms with Gasteiger partial charge in [0.05, 0.1) is 11.5 Å². The Hall–Kier alpha value is -2.99. The highest BCUT2D eigenvalue weighted by atomic mass is 32.2. The number of ether oxygens (including phenoxy) is 1. The van der Waals surface area contributed by atoms with Gasteiger partial charge in [-0.3, -0.25) is 0 Å². The van der Waals surface area contributed by atoms with Crippen molar-refractivity contribution in [1.29, 1.82) is 0 Å². The molecule has 0 bridgehead atoms. The summed E-state index contributed by atoms with van der Waals surface area (Å²) in [7, 11) is -7.79. The van der Waals surface area contributed by atoms with Crippen LogP contribution in [0.3, 0.4) is 0 Å².